The molecule has 0 rings (SSSR count). The zero-order valence-electron chi connectivity index (χ0n) is 6.59. The number of rotatable bonds is 3. The second-order valence-corrected chi connectivity index (χ2v) is 1.62. The molecule has 12 heavy (non-hydrogen) atoms. The molecule has 0 saturated carbocycles. The van der Waals surface area contributed by atoms with Crippen LogP contribution in [-0.4, -0.2) is 45.4 Å². The van der Waals surface area contributed by atoms with Crippen molar-refractivity contribution in [2.24, 2.45) is 0 Å². The van der Waals surface area contributed by atoms with Crippen molar-refractivity contribution in [3.05, 3.63) is 24.2 Å². The van der Waals surface area contributed by atoms with E-state index in [1.165, 1.54) is 12.2 Å². The van der Waals surface area contributed by atoms with Crippen molar-refractivity contribution in [2.45, 2.75) is 0 Å². The Morgan fingerprint density at radius 1 is 1.08 bits per heavy atom. The fraction of sp³-hybridized carbons (Fsp3) is 0.429. The van der Waals surface area contributed by atoms with Crippen LogP contribution in [-0.2, 0) is 0 Å². The molecule has 0 fully saturated rings. The number of hydrogen-bond acceptors (Lipinski definition) is 5. The third-order valence-electron chi connectivity index (χ3n) is 0.689. The summed E-state index contributed by atoms with van der Waals surface area (Å²) in [5.74, 6) is -0.421. The number of aliphatic hydroxyl groups excluding tert-OH is 5. The van der Waals surface area contributed by atoms with Crippen molar-refractivity contribution in [3.63, 3.8) is 0 Å². The second kappa shape index (κ2) is 12.6. The van der Waals surface area contributed by atoms with E-state index in [9.17, 15) is 0 Å². The number of hydrogen-bond donors (Lipinski definition) is 5. The molecule has 0 aliphatic heterocycles. The largest absolute Gasteiger partial charge is 0.512 e. The first-order chi connectivity index (χ1) is 5.72. The topological polar surface area (TPSA) is 101 Å². The monoisotopic (exact) mass is 180 g/mol. The molecule has 0 aliphatic carbocycles. The van der Waals surface area contributed by atoms with Crippen molar-refractivity contribution in [1.82, 2.24) is 0 Å². The molecule has 5 nitrogen and oxygen atoms in total. The summed E-state index contributed by atoms with van der Waals surface area (Å²) < 4.78 is 0. The highest BCUT2D eigenvalue weighted by atomic mass is 16.3. The van der Waals surface area contributed by atoms with E-state index in [1.807, 2.05) is 0 Å². The first kappa shape index (κ1) is 13.5. The van der Waals surface area contributed by atoms with Crippen molar-refractivity contribution in [2.75, 3.05) is 19.8 Å². The summed E-state index contributed by atoms with van der Waals surface area (Å²) in [6.45, 7) is -0.475. The molecule has 0 spiro atoms. The fourth-order valence-electron chi connectivity index (χ4n) is 0.190. The Morgan fingerprint density at radius 3 is 1.58 bits per heavy atom. The van der Waals surface area contributed by atoms with Gasteiger partial charge < -0.3 is 25.5 Å². The van der Waals surface area contributed by atoms with E-state index in [2.05, 4.69) is 0 Å². The van der Waals surface area contributed by atoms with Gasteiger partial charge in [0, 0.05) is 1.43 Å². The van der Waals surface area contributed by atoms with Crippen LogP contribution in [0.4, 0.5) is 0 Å². The van der Waals surface area contributed by atoms with Crippen LogP contribution in [0.15, 0.2) is 24.2 Å². The van der Waals surface area contributed by atoms with E-state index in [1.54, 1.807) is 0 Å². The molecule has 0 heterocycles. The van der Waals surface area contributed by atoms with E-state index in [4.69, 9.17) is 25.5 Å². The van der Waals surface area contributed by atoms with Gasteiger partial charge in [-0.15, -0.1) is 0 Å². The Kier molecular flexibility index (Phi) is 14.2. The van der Waals surface area contributed by atoms with Gasteiger partial charge in [-0.3, -0.25) is 0 Å². The minimum absolute atomic E-state index is 0. The molecule has 0 bridgehead atoms. The van der Waals surface area contributed by atoms with E-state index >= 15 is 0 Å². The zero-order valence-corrected chi connectivity index (χ0v) is 6.59. The van der Waals surface area contributed by atoms with Crippen molar-refractivity contribution >= 4 is 0 Å². The quantitative estimate of drug-likeness (QED) is 0.303. The maximum absolute atomic E-state index is 8.03. The van der Waals surface area contributed by atoms with Crippen LogP contribution in [0.25, 0.3) is 0 Å². The average molecular weight is 180 g/mol. The molecule has 0 aromatic rings. The summed E-state index contributed by atoms with van der Waals surface area (Å²) in [6.07, 6.45) is 3.42. The van der Waals surface area contributed by atoms with Crippen molar-refractivity contribution < 1.29 is 27.0 Å². The van der Waals surface area contributed by atoms with Crippen LogP contribution in [0, 0.1) is 0 Å². The highest BCUT2D eigenvalue weighted by molar-refractivity contribution is 4.80. The van der Waals surface area contributed by atoms with Crippen molar-refractivity contribution in [3.8, 4) is 0 Å². The molecule has 0 unspecified atom stereocenters. The molecular weight excluding hydrogens is 164 g/mol. The predicted molar refractivity (Wildman–Crippen MR) is 45.9 cm³/mol. The molecule has 0 aliphatic rings. The van der Waals surface area contributed by atoms with Gasteiger partial charge in [-0.05, 0) is 0 Å². The summed E-state index contributed by atoms with van der Waals surface area (Å²) >= 11 is 0. The van der Waals surface area contributed by atoms with E-state index < -0.39 is 12.4 Å². The average Bonchev–Trinajstić information content (AvgIpc) is 2.14. The molecule has 74 valence electrons. The molecule has 5 heteroatoms. The van der Waals surface area contributed by atoms with Crippen LogP contribution >= 0.6 is 0 Å². The van der Waals surface area contributed by atoms with Gasteiger partial charge in [-0.25, -0.2) is 0 Å². The summed E-state index contributed by atoms with van der Waals surface area (Å²) in [7, 11) is 0. The molecule has 0 saturated heterocycles. The maximum Gasteiger partial charge on any atom is 0.152 e. The molecule has 5 N–H and O–H groups in total. The van der Waals surface area contributed by atoms with E-state index in [-0.39, 0.29) is 14.6 Å². The zero-order chi connectivity index (χ0) is 9.82. The first-order valence-corrected chi connectivity index (χ1v) is 3.22. The van der Waals surface area contributed by atoms with Gasteiger partial charge in [0.25, 0.3) is 0 Å². The van der Waals surface area contributed by atoms with Crippen LogP contribution < -0.4 is 0 Å². The maximum atomic E-state index is 8.03. The lowest BCUT2D eigenvalue weighted by Gasteiger charge is -1.83. The molecule has 0 atom stereocenters. The second-order valence-electron chi connectivity index (χ2n) is 1.62. The Morgan fingerprint density at radius 2 is 1.50 bits per heavy atom. The lowest BCUT2D eigenvalue weighted by atomic mass is 10.5. The van der Waals surface area contributed by atoms with Gasteiger partial charge in [0.1, 0.15) is 12.9 Å². The third-order valence-corrected chi connectivity index (χ3v) is 0.689. The van der Waals surface area contributed by atoms with E-state index in [0.717, 1.165) is 0 Å². The fourth-order valence-corrected chi connectivity index (χ4v) is 0.190. The van der Waals surface area contributed by atoms with Crippen molar-refractivity contribution in [1.29, 1.82) is 0 Å². The lowest BCUT2D eigenvalue weighted by Crippen LogP contribution is -1.85. The molecule has 0 radical (unpaired) electrons. The van der Waals surface area contributed by atoms with Gasteiger partial charge in [0.2, 0.25) is 0 Å². The highest BCUT2D eigenvalue weighted by Gasteiger charge is 1.80. The minimum Gasteiger partial charge on any atom is -0.512 e. The molecule has 0 aromatic heterocycles. The van der Waals surface area contributed by atoms with Crippen LogP contribution in [0.1, 0.15) is 1.43 Å². The first-order valence-electron chi connectivity index (χ1n) is 3.22. The normalized spacial score (nSPS) is 11.1. The standard InChI is InChI=1S/C4H8O2.C3H6O3.H2/c5-3-1-2-4-6;4-1-3(6)2-5;/h1-2,5-6H,3-4H2;1,4-6H,2H2;1H/b;3-1+;. The minimum atomic E-state index is -0.503. The van der Waals surface area contributed by atoms with Gasteiger partial charge >= 0.3 is 0 Å². The molecule has 0 amide bonds. The summed E-state index contributed by atoms with van der Waals surface area (Å²) in [4.78, 5) is 0. The van der Waals surface area contributed by atoms with Crippen LogP contribution in [0.3, 0.4) is 0 Å². The smallest absolute Gasteiger partial charge is 0.152 e. The lowest BCUT2D eigenvalue weighted by molar-refractivity contribution is 0.239. The van der Waals surface area contributed by atoms with Crippen LogP contribution in [0.5, 0.6) is 0 Å². The Bertz CT molecular complexity index is 129. The summed E-state index contributed by atoms with van der Waals surface area (Å²) in [6, 6.07) is 0. The third kappa shape index (κ3) is 16.0. The Balaban J connectivity index is -0.000000143. The van der Waals surface area contributed by atoms with Gasteiger partial charge in [0.15, 0.2) is 5.76 Å². The van der Waals surface area contributed by atoms with Crippen LogP contribution in [0.2, 0.25) is 0 Å². The van der Waals surface area contributed by atoms with Gasteiger partial charge in [-0.1, -0.05) is 12.2 Å². The Labute approximate surface area is 72.0 Å². The van der Waals surface area contributed by atoms with Gasteiger partial charge in [0.05, 0.1) is 13.2 Å². The molecule has 0 aromatic carbocycles. The van der Waals surface area contributed by atoms with Gasteiger partial charge in [-0.2, -0.15) is 0 Å². The summed E-state index contributed by atoms with van der Waals surface area (Å²) in [5.41, 5.74) is 0. The SMILES string of the molecule is O/C=C(/O)CO.OCC=CCO.[HH]. The highest BCUT2D eigenvalue weighted by Crippen LogP contribution is 1.77. The molecular formula is C7H16O5. The predicted octanol–water partition coefficient (Wildman–Crippen LogP) is -0.291. The number of aliphatic hydroxyl groups is 5. The summed E-state index contributed by atoms with van der Waals surface area (Å²) in [5, 5.41) is 39.6. The Hall–Kier alpha value is -1.04. The van der Waals surface area contributed by atoms with E-state index in [0.29, 0.717) is 6.26 Å².